The van der Waals surface area contributed by atoms with Crippen molar-refractivity contribution in [2.24, 2.45) is 0 Å². The van der Waals surface area contributed by atoms with Gasteiger partial charge in [0.05, 0.1) is 6.26 Å². The third kappa shape index (κ3) is 4.48. The molecule has 0 aliphatic rings. The second-order valence-corrected chi connectivity index (χ2v) is 5.77. The van der Waals surface area contributed by atoms with Gasteiger partial charge in [-0.1, -0.05) is 0 Å². The summed E-state index contributed by atoms with van der Waals surface area (Å²) in [6, 6.07) is 12.5. The van der Waals surface area contributed by atoms with E-state index in [1.165, 1.54) is 0 Å². The van der Waals surface area contributed by atoms with Crippen molar-refractivity contribution in [2.75, 3.05) is 32.6 Å². The van der Waals surface area contributed by atoms with E-state index in [9.17, 15) is 4.79 Å². The van der Waals surface area contributed by atoms with Crippen molar-refractivity contribution in [1.82, 2.24) is 15.1 Å². The second kappa shape index (κ2) is 7.67. The molecule has 0 unspecified atom stereocenters. The molecule has 130 valence electrons. The number of ether oxygens (including phenoxy) is 1. The van der Waals surface area contributed by atoms with Gasteiger partial charge in [-0.3, -0.25) is 9.89 Å². The Morgan fingerprint density at radius 1 is 1.28 bits per heavy atom. The highest BCUT2D eigenvalue weighted by Crippen LogP contribution is 2.19. The van der Waals surface area contributed by atoms with E-state index in [1.54, 1.807) is 36.6 Å². The Balaban J connectivity index is 1.57. The summed E-state index contributed by atoms with van der Waals surface area (Å²) in [5, 5.41) is 9.61. The number of hydrogen-bond donors (Lipinski definition) is 2. The molecule has 0 radical (unpaired) electrons. The quantitative estimate of drug-likeness (QED) is 0.691. The van der Waals surface area contributed by atoms with Crippen LogP contribution < -0.4 is 10.1 Å². The van der Waals surface area contributed by atoms with Crippen LogP contribution in [-0.4, -0.2) is 48.3 Å². The zero-order valence-electron chi connectivity index (χ0n) is 14.2. The number of benzene rings is 1. The molecule has 7 nitrogen and oxygen atoms in total. The number of aromatic amines is 1. The molecule has 0 saturated heterocycles. The number of aromatic nitrogens is 2. The maximum Gasteiger partial charge on any atom is 0.276 e. The molecule has 2 N–H and O–H groups in total. The molecule has 3 aromatic rings. The molecule has 2 heterocycles. The van der Waals surface area contributed by atoms with Gasteiger partial charge in [0.2, 0.25) is 0 Å². The average Bonchev–Trinajstić information content (AvgIpc) is 3.27. The third-order valence-corrected chi connectivity index (χ3v) is 3.52. The zero-order chi connectivity index (χ0) is 17.6. The number of carbonyl (C=O) groups is 1. The highest BCUT2D eigenvalue weighted by molar-refractivity contribution is 6.03. The number of anilines is 1. The van der Waals surface area contributed by atoms with Crippen molar-refractivity contribution in [3.05, 3.63) is 54.4 Å². The van der Waals surface area contributed by atoms with E-state index in [2.05, 4.69) is 20.4 Å². The molecule has 0 bridgehead atoms. The SMILES string of the molecule is CN(C)CCOc1ccc(NC(=O)c2cc(-c3ccco3)[nH]n2)cc1. The molecule has 1 aromatic carbocycles. The summed E-state index contributed by atoms with van der Waals surface area (Å²) in [4.78, 5) is 14.3. The Hall–Kier alpha value is -3.06. The largest absolute Gasteiger partial charge is 0.492 e. The summed E-state index contributed by atoms with van der Waals surface area (Å²) in [7, 11) is 3.99. The molecule has 0 aliphatic heterocycles. The standard InChI is InChI=1S/C18H20N4O3/c1-22(2)9-11-24-14-7-5-13(6-8-14)19-18(23)16-12-15(20-21-16)17-4-3-10-25-17/h3-8,10,12H,9,11H2,1-2H3,(H,19,23)(H,20,21). The van der Waals surface area contributed by atoms with Gasteiger partial charge < -0.3 is 19.4 Å². The van der Waals surface area contributed by atoms with E-state index in [-0.39, 0.29) is 11.6 Å². The van der Waals surface area contributed by atoms with Gasteiger partial charge in [0, 0.05) is 18.3 Å². The minimum atomic E-state index is -0.296. The predicted molar refractivity (Wildman–Crippen MR) is 94.7 cm³/mol. The number of hydrogen-bond acceptors (Lipinski definition) is 5. The maximum atomic E-state index is 12.3. The lowest BCUT2D eigenvalue weighted by Gasteiger charge is -2.11. The van der Waals surface area contributed by atoms with Gasteiger partial charge in [-0.25, -0.2) is 0 Å². The number of amides is 1. The lowest BCUT2D eigenvalue weighted by atomic mass is 10.2. The van der Waals surface area contributed by atoms with Crippen LogP contribution in [-0.2, 0) is 0 Å². The second-order valence-electron chi connectivity index (χ2n) is 5.77. The van der Waals surface area contributed by atoms with Gasteiger partial charge in [0.1, 0.15) is 18.1 Å². The minimum absolute atomic E-state index is 0.290. The highest BCUT2D eigenvalue weighted by atomic mass is 16.5. The van der Waals surface area contributed by atoms with Crippen molar-refractivity contribution in [2.45, 2.75) is 0 Å². The number of nitrogens with one attached hydrogen (secondary N) is 2. The van der Waals surface area contributed by atoms with Crippen molar-refractivity contribution >= 4 is 11.6 Å². The van der Waals surface area contributed by atoms with E-state index in [0.29, 0.717) is 23.7 Å². The van der Waals surface area contributed by atoms with E-state index < -0.39 is 0 Å². The first-order valence-electron chi connectivity index (χ1n) is 7.90. The number of H-pyrrole nitrogens is 1. The first kappa shape index (κ1) is 16.8. The highest BCUT2D eigenvalue weighted by Gasteiger charge is 2.13. The monoisotopic (exact) mass is 340 g/mol. The van der Waals surface area contributed by atoms with Crippen LogP contribution in [0, 0.1) is 0 Å². The van der Waals surface area contributed by atoms with Crippen LogP contribution in [0.25, 0.3) is 11.5 Å². The fraction of sp³-hybridized carbons (Fsp3) is 0.222. The summed E-state index contributed by atoms with van der Waals surface area (Å²) in [5.41, 5.74) is 1.62. The number of nitrogens with zero attached hydrogens (tertiary/aromatic N) is 2. The summed E-state index contributed by atoms with van der Waals surface area (Å²) in [6.45, 7) is 1.46. The van der Waals surface area contributed by atoms with Crippen LogP contribution in [0.3, 0.4) is 0 Å². The molecular weight excluding hydrogens is 320 g/mol. The van der Waals surface area contributed by atoms with Gasteiger partial charge in [-0.2, -0.15) is 5.10 Å². The molecule has 0 fully saturated rings. The number of rotatable bonds is 7. The summed E-state index contributed by atoms with van der Waals surface area (Å²) in [5.74, 6) is 1.10. The average molecular weight is 340 g/mol. The molecule has 25 heavy (non-hydrogen) atoms. The number of furan rings is 1. The topological polar surface area (TPSA) is 83.4 Å². The Kier molecular flexibility index (Phi) is 5.15. The molecule has 7 heteroatoms. The predicted octanol–water partition coefficient (Wildman–Crippen LogP) is 2.86. The lowest BCUT2D eigenvalue weighted by molar-refractivity contribution is 0.102. The molecule has 0 spiro atoms. The third-order valence-electron chi connectivity index (χ3n) is 3.52. The molecule has 3 rings (SSSR count). The first-order valence-corrected chi connectivity index (χ1v) is 7.90. The number of likely N-dealkylation sites (N-methyl/N-ethyl adjacent to an activating group) is 1. The first-order chi connectivity index (χ1) is 12.1. The van der Waals surface area contributed by atoms with Crippen LogP contribution >= 0.6 is 0 Å². The van der Waals surface area contributed by atoms with E-state index in [4.69, 9.17) is 9.15 Å². The van der Waals surface area contributed by atoms with E-state index in [0.717, 1.165) is 12.3 Å². The van der Waals surface area contributed by atoms with E-state index in [1.807, 2.05) is 26.2 Å². The summed E-state index contributed by atoms with van der Waals surface area (Å²) < 4.78 is 10.9. The van der Waals surface area contributed by atoms with Crippen LogP contribution in [0.4, 0.5) is 5.69 Å². The normalized spacial score (nSPS) is 10.8. The van der Waals surface area contributed by atoms with Crippen molar-refractivity contribution in [3.8, 4) is 17.2 Å². The van der Waals surface area contributed by atoms with Crippen molar-refractivity contribution in [1.29, 1.82) is 0 Å². The Labute approximate surface area is 145 Å². The minimum Gasteiger partial charge on any atom is -0.492 e. The Morgan fingerprint density at radius 3 is 2.76 bits per heavy atom. The van der Waals surface area contributed by atoms with Gasteiger partial charge in [0.25, 0.3) is 5.91 Å². The fourth-order valence-corrected chi connectivity index (χ4v) is 2.17. The van der Waals surface area contributed by atoms with Crippen LogP contribution in [0.5, 0.6) is 5.75 Å². The van der Waals surface area contributed by atoms with Crippen LogP contribution in [0.1, 0.15) is 10.5 Å². The molecule has 1 amide bonds. The lowest BCUT2D eigenvalue weighted by Crippen LogP contribution is -2.19. The maximum absolute atomic E-state index is 12.3. The van der Waals surface area contributed by atoms with Gasteiger partial charge >= 0.3 is 0 Å². The molecule has 2 aromatic heterocycles. The molecule has 0 atom stereocenters. The van der Waals surface area contributed by atoms with Crippen molar-refractivity contribution in [3.63, 3.8) is 0 Å². The number of carbonyl (C=O) groups excluding carboxylic acids is 1. The van der Waals surface area contributed by atoms with E-state index >= 15 is 0 Å². The van der Waals surface area contributed by atoms with Crippen LogP contribution in [0.2, 0.25) is 0 Å². The fourth-order valence-electron chi connectivity index (χ4n) is 2.17. The summed E-state index contributed by atoms with van der Waals surface area (Å²) >= 11 is 0. The van der Waals surface area contributed by atoms with Gasteiger partial charge in [-0.05, 0) is 50.5 Å². The van der Waals surface area contributed by atoms with Gasteiger partial charge in [0.15, 0.2) is 11.5 Å². The smallest absolute Gasteiger partial charge is 0.276 e. The van der Waals surface area contributed by atoms with Gasteiger partial charge in [-0.15, -0.1) is 0 Å². The Bertz CT molecular complexity index is 807. The molecule has 0 saturated carbocycles. The molecular formula is C18H20N4O3. The summed E-state index contributed by atoms with van der Waals surface area (Å²) in [6.07, 6.45) is 1.57. The zero-order valence-corrected chi connectivity index (χ0v) is 14.2. The molecule has 0 aliphatic carbocycles. The van der Waals surface area contributed by atoms with Crippen LogP contribution in [0.15, 0.2) is 53.1 Å². The van der Waals surface area contributed by atoms with Crippen molar-refractivity contribution < 1.29 is 13.9 Å². The Morgan fingerprint density at radius 2 is 2.08 bits per heavy atom.